The van der Waals surface area contributed by atoms with Gasteiger partial charge in [0.05, 0.1) is 5.69 Å². The second-order valence-electron chi connectivity index (χ2n) is 5.63. The summed E-state index contributed by atoms with van der Waals surface area (Å²) in [6.45, 7) is 0. The molecule has 1 aliphatic heterocycles. The van der Waals surface area contributed by atoms with Crippen molar-refractivity contribution in [3.05, 3.63) is 58.8 Å². The zero-order valence-corrected chi connectivity index (χ0v) is 16.2. The number of hydrogen-bond acceptors (Lipinski definition) is 4. The third kappa shape index (κ3) is 4.50. The first-order valence-electron chi connectivity index (χ1n) is 7.76. The van der Waals surface area contributed by atoms with Crippen molar-refractivity contribution in [1.82, 2.24) is 4.90 Å². The largest absolute Gasteiger partial charge is 0.325 e. The quantitative estimate of drug-likeness (QED) is 0.786. The molecule has 2 amide bonds. The van der Waals surface area contributed by atoms with Crippen LogP contribution < -0.4 is 5.32 Å². The number of carbonyl (C=O) groups excluding carboxylic acids is 2. The average Bonchev–Trinajstić information content (AvgIpc) is 2.60. The van der Waals surface area contributed by atoms with Gasteiger partial charge >= 0.3 is 0 Å². The molecule has 5 nitrogen and oxygen atoms in total. The molecule has 26 heavy (non-hydrogen) atoms. The van der Waals surface area contributed by atoms with E-state index in [4.69, 9.17) is 0 Å². The molecule has 0 bridgehead atoms. The van der Waals surface area contributed by atoms with Gasteiger partial charge in [-0.25, -0.2) is 9.38 Å². The van der Waals surface area contributed by atoms with Crippen LogP contribution in [0.5, 0.6) is 0 Å². The Morgan fingerprint density at radius 2 is 2.04 bits per heavy atom. The van der Waals surface area contributed by atoms with Crippen molar-refractivity contribution in [2.24, 2.45) is 4.99 Å². The fourth-order valence-corrected chi connectivity index (χ4v) is 3.64. The zero-order valence-electron chi connectivity index (χ0n) is 13.8. The molecule has 3 rings (SSSR count). The summed E-state index contributed by atoms with van der Waals surface area (Å²) >= 11 is 4.52. The molecular formula is C18H15BrFN3O2S. The fraction of sp³-hybridized carbons (Fsp3) is 0.167. The number of rotatable bonds is 3. The van der Waals surface area contributed by atoms with Crippen LogP contribution in [0.1, 0.15) is 6.42 Å². The minimum atomic E-state index is -0.602. The van der Waals surface area contributed by atoms with E-state index in [1.54, 1.807) is 31.3 Å². The summed E-state index contributed by atoms with van der Waals surface area (Å²) in [5.41, 5.74) is 1.04. The molecule has 2 aromatic rings. The van der Waals surface area contributed by atoms with Crippen LogP contribution in [0.2, 0.25) is 0 Å². The molecule has 134 valence electrons. The van der Waals surface area contributed by atoms with E-state index in [2.05, 4.69) is 26.2 Å². The summed E-state index contributed by atoms with van der Waals surface area (Å²) in [5.74, 6) is -0.897. The van der Waals surface area contributed by atoms with Crippen molar-refractivity contribution < 1.29 is 14.0 Å². The lowest BCUT2D eigenvalue weighted by Gasteiger charge is -2.28. The van der Waals surface area contributed by atoms with Crippen molar-refractivity contribution in [3.8, 4) is 0 Å². The minimum Gasteiger partial charge on any atom is -0.325 e. The maximum atomic E-state index is 13.3. The summed E-state index contributed by atoms with van der Waals surface area (Å²) in [6.07, 6.45) is 0.0751. The Morgan fingerprint density at radius 3 is 2.73 bits per heavy atom. The molecule has 0 unspecified atom stereocenters. The number of amidine groups is 1. The van der Waals surface area contributed by atoms with Crippen LogP contribution in [0.4, 0.5) is 15.8 Å². The van der Waals surface area contributed by atoms with Crippen LogP contribution in [0.15, 0.2) is 58.0 Å². The molecule has 2 aromatic carbocycles. The Bertz CT molecular complexity index is 873. The van der Waals surface area contributed by atoms with E-state index < -0.39 is 11.1 Å². The highest BCUT2D eigenvalue weighted by Gasteiger charge is 2.34. The van der Waals surface area contributed by atoms with Gasteiger partial charge in [-0.1, -0.05) is 33.8 Å². The number of amides is 2. The van der Waals surface area contributed by atoms with E-state index in [1.807, 2.05) is 12.1 Å². The van der Waals surface area contributed by atoms with Crippen molar-refractivity contribution >= 4 is 56.0 Å². The molecule has 1 heterocycles. The highest BCUT2D eigenvalue weighted by atomic mass is 79.9. The molecule has 1 fully saturated rings. The van der Waals surface area contributed by atoms with E-state index in [0.29, 0.717) is 16.5 Å². The number of nitrogens with one attached hydrogen (secondary N) is 1. The molecule has 0 spiro atoms. The Morgan fingerprint density at radius 1 is 1.31 bits per heavy atom. The molecule has 1 saturated heterocycles. The highest BCUT2D eigenvalue weighted by molar-refractivity contribution is 9.10. The van der Waals surface area contributed by atoms with Crippen molar-refractivity contribution in [2.45, 2.75) is 11.7 Å². The van der Waals surface area contributed by atoms with Crippen LogP contribution >= 0.6 is 27.7 Å². The number of halogens is 2. The molecule has 0 aromatic heterocycles. The number of aliphatic imine (C=N–C) groups is 1. The molecule has 1 N–H and O–H groups in total. The van der Waals surface area contributed by atoms with Crippen LogP contribution in [0, 0.1) is 5.82 Å². The summed E-state index contributed by atoms with van der Waals surface area (Å²) < 4.78 is 14.3. The second-order valence-corrected chi connectivity index (χ2v) is 7.72. The number of carbonyl (C=O) groups is 2. The molecule has 0 saturated carbocycles. The lowest BCUT2D eigenvalue weighted by atomic mass is 10.2. The van der Waals surface area contributed by atoms with Crippen molar-refractivity contribution in [3.63, 3.8) is 0 Å². The Balaban J connectivity index is 1.77. The Hall–Kier alpha value is -2.19. The van der Waals surface area contributed by atoms with Gasteiger partial charge in [0, 0.05) is 23.6 Å². The van der Waals surface area contributed by atoms with Gasteiger partial charge in [0.2, 0.25) is 11.8 Å². The third-order valence-corrected chi connectivity index (χ3v) is 5.48. The maximum absolute atomic E-state index is 13.3. The summed E-state index contributed by atoms with van der Waals surface area (Å²) in [7, 11) is 1.59. The Labute approximate surface area is 162 Å². The first-order valence-corrected chi connectivity index (χ1v) is 9.43. The molecule has 1 atom stereocenters. The van der Waals surface area contributed by atoms with Gasteiger partial charge in [0.1, 0.15) is 11.1 Å². The summed E-state index contributed by atoms with van der Waals surface area (Å²) in [4.78, 5) is 30.5. The summed E-state index contributed by atoms with van der Waals surface area (Å²) in [6, 6.07) is 13.0. The standard InChI is InChI=1S/C18H15BrFN3O2S/c1-23-16(24)10-15(17(25)21-13-7-5-11(19)6-8-13)26-18(23)22-14-4-2-3-12(20)9-14/h2-9,15H,10H2,1H3,(H,21,25)/t15-/m1/s1. The van der Waals surface area contributed by atoms with Crippen LogP contribution in [-0.2, 0) is 9.59 Å². The topological polar surface area (TPSA) is 61.8 Å². The normalized spacial score (nSPS) is 18.9. The smallest absolute Gasteiger partial charge is 0.238 e. The number of hydrogen-bond donors (Lipinski definition) is 1. The van der Waals surface area contributed by atoms with Gasteiger partial charge in [-0.2, -0.15) is 0 Å². The predicted octanol–water partition coefficient (Wildman–Crippen LogP) is 4.18. The third-order valence-electron chi connectivity index (χ3n) is 3.71. The zero-order chi connectivity index (χ0) is 18.7. The molecule has 0 radical (unpaired) electrons. The Kier molecular flexibility index (Phi) is 5.73. The second kappa shape index (κ2) is 8.01. The van der Waals surface area contributed by atoms with Gasteiger partial charge < -0.3 is 5.32 Å². The molecule has 1 aliphatic rings. The lowest BCUT2D eigenvalue weighted by Crippen LogP contribution is -2.43. The number of anilines is 1. The van der Waals surface area contributed by atoms with Crippen LogP contribution in [-0.4, -0.2) is 34.2 Å². The lowest BCUT2D eigenvalue weighted by molar-refractivity contribution is -0.128. The predicted molar refractivity (Wildman–Crippen MR) is 105 cm³/mol. The van der Waals surface area contributed by atoms with Gasteiger partial charge in [-0.3, -0.25) is 14.5 Å². The maximum Gasteiger partial charge on any atom is 0.238 e. The van der Waals surface area contributed by atoms with E-state index in [0.717, 1.165) is 4.47 Å². The molecule has 0 aliphatic carbocycles. The van der Waals surface area contributed by atoms with E-state index in [-0.39, 0.29) is 18.2 Å². The van der Waals surface area contributed by atoms with E-state index in [1.165, 1.54) is 28.8 Å². The van der Waals surface area contributed by atoms with Crippen molar-refractivity contribution in [2.75, 3.05) is 12.4 Å². The SMILES string of the molecule is CN1C(=O)C[C@H](C(=O)Nc2ccc(Br)cc2)SC1=Nc1cccc(F)c1. The van der Waals surface area contributed by atoms with Gasteiger partial charge in [0.25, 0.3) is 0 Å². The van der Waals surface area contributed by atoms with Gasteiger partial charge in [-0.05, 0) is 42.5 Å². The summed E-state index contributed by atoms with van der Waals surface area (Å²) in [5, 5.41) is 2.56. The molecule has 8 heteroatoms. The first-order chi connectivity index (χ1) is 12.4. The van der Waals surface area contributed by atoms with Crippen molar-refractivity contribution in [1.29, 1.82) is 0 Å². The average molecular weight is 436 g/mol. The monoisotopic (exact) mass is 435 g/mol. The van der Waals surface area contributed by atoms with Crippen LogP contribution in [0.25, 0.3) is 0 Å². The molecular weight excluding hydrogens is 421 g/mol. The number of thioether (sulfide) groups is 1. The van der Waals surface area contributed by atoms with Crippen LogP contribution in [0.3, 0.4) is 0 Å². The number of nitrogens with zero attached hydrogens (tertiary/aromatic N) is 2. The van der Waals surface area contributed by atoms with E-state index >= 15 is 0 Å². The van der Waals surface area contributed by atoms with Gasteiger partial charge in [0.15, 0.2) is 5.17 Å². The van der Waals surface area contributed by atoms with E-state index in [9.17, 15) is 14.0 Å². The first kappa shape index (κ1) is 18.6. The fourth-order valence-electron chi connectivity index (χ4n) is 2.31. The minimum absolute atomic E-state index is 0.0751. The highest BCUT2D eigenvalue weighted by Crippen LogP contribution is 2.29. The van der Waals surface area contributed by atoms with Gasteiger partial charge in [-0.15, -0.1) is 0 Å². The number of benzene rings is 2.